The molecule has 0 fully saturated rings. The number of fused-ring (bicyclic) bond motifs is 1. The predicted octanol–water partition coefficient (Wildman–Crippen LogP) is 6.08. The van der Waals surface area contributed by atoms with Crippen LogP contribution in [-0.2, 0) is 24.1 Å². The molecule has 37 heavy (non-hydrogen) atoms. The Kier molecular flexibility index (Phi) is 8.12. The minimum Gasteiger partial charge on any atom is -0.373 e. The molecule has 196 valence electrons. The summed E-state index contributed by atoms with van der Waals surface area (Å²) in [6, 6.07) is 12.1. The molecule has 4 rings (SSSR count). The highest BCUT2D eigenvalue weighted by molar-refractivity contribution is 6.01. The lowest BCUT2D eigenvalue weighted by atomic mass is 9.91. The maximum absolute atomic E-state index is 13.4. The molecule has 2 aromatic heterocycles. The smallest absolute Gasteiger partial charge is 0.373 e. The zero-order valence-corrected chi connectivity index (χ0v) is 20.8. The first-order valence-electron chi connectivity index (χ1n) is 12.4. The van der Waals surface area contributed by atoms with Crippen LogP contribution >= 0.6 is 0 Å². The Hall–Kier alpha value is -3.46. The van der Waals surface area contributed by atoms with Crippen LogP contribution in [0.15, 0.2) is 54.9 Å². The van der Waals surface area contributed by atoms with Gasteiger partial charge in [-0.05, 0) is 42.0 Å². The van der Waals surface area contributed by atoms with E-state index in [4.69, 9.17) is 4.74 Å². The second kappa shape index (κ2) is 11.3. The summed E-state index contributed by atoms with van der Waals surface area (Å²) in [4.78, 5) is 30.5. The highest BCUT2D eigenvalue weighted by Gasteiger charge is 2.32. The standard InChI is InChI=1S/C28H30F3N3O3/c1-3-18(20-12-21(16-32-15-20)28(29,30)31)13-26(35)24-14-22(25-17-37-11-10-34(24)25)27(36)33-23(4-2)19-8-6-5-7-9-19/h5-9,12,14-16,18,23H,3-4,10-11,13,17H2,1-2H3,(H,33,36)/t18-,23+/m0/s1. The minimum atomic E-state index is -4.51. The monoisotopic (exact) mass is 513 g/mol. The van der Waals surface area contributed by atoms with Crippen LogP contribution in [0, 0.1) is 0 Å². The second-order valence-electron chi connectivity index (χ2n) is 9.18. The van der Waals surface area contributed by atoms with Gasteiger partial charge in [-0.15, -0.1) is 0 Å². The number of alkyl halides is 3. The zero-order valence-electron chi connectivity index (χ0n) is 20.8. The predicted molar refractivity (Wildman–Crippen MR) is 132 cm³/mol. The highest BCUT2D eigenvalue weighted by Crippen LogP contribution is 2.33. The molecular formula is C28H30F3N3O3. The van der Waals surface area contributed by atoms with Crippen molar-refractivity contribution in [3.8, 4) is 0 Å². The topological polar surface area (TPSA) is 73.2 Å². The number of hydrogen-bond donors (Lipinski definition) is 1. The van der Waals surface area contributed by atoms with Crippen LogP contribution in [0.3, 0.4) is 0 Å². The van der Waals surface area contributed by atoms with E-state index in [1.165, 1.54) is 6.20 Å². The fourth-order valence-electron chi connectivity index (χ4n) is 4.76. The van der Waals surface area contributed by atoms with E-state index in [-0.39, 0.29) is 30.8 Å². The van der Waals surface area contributed by atoms with Gasteiger partial charge in [0, 0.05) is 25.4 Å². The van der Waals surface area contributed by atoms with Crippen molar-refractivity contribution in [2.24, 2.45) is 0 Å². The Morgan fingerprint density at radius 1 is 1.08 bits per heavy atom. The molecule has 3 aromatic rings. The lowest BCUT2D eigenvalue weighted by Crippen LogP contribution is -2.29. The third kappa shape index (κ3) is 5.93. The first-order valence-corrected chi connectivity index (χ1v) is 12.4. The number of aromatic nitrogens is 2. The number of nitrogens with zero attached hydrogens (tertiary/aromatic N) is 2. The number of amides is 1. The summed E-state index contributed by atoms with van der Waals surface area (Å²) in [5, 5.41) is 3.07. The first kappa shape index (κ1) is 26.6. The van der Waals surface area contributed by atoms with Crippen molar-refractivity contribution < 1.29 is 27.5 Å². The van der Waals surface area contributed by atoms with Crippen molar-refractivity contribution in [2.45, 2.75) is 64.4 Å². The van der Waals surface area contributed by atoms with Gasteiger partial charge in [-0.2, -0.15) is 13.2 Å². The highest BCUT2D eigenvalue weighted by atomic mass is 19.4. The molecule has 0 saturated carbocycles. The average Bonchev–Trinajstić information content (AvgIpc) is 3.30. The number of ketones is 1. The molecule has 1 N–H and O–H groups in total. The summed E-state index contributed by atoms with van der Waals surface area (Å²) in [6.07, 6.45) is -1.18. The number of pyridine rings is 1. The van der Waals surface area contributed by atoms with Crippen LogP contribution in [0.1, 0.15) is 88.3 Å². The summed E-state index contributed by atoms with van der Waals surface area (Å²) in [6.45, 7) is 4.83. The van der Waals surface area contributed by atoms with Crippen molar-refractivity contribution in [2.75, 3.05) is 6.61 Å². The third-order valence-electron chi connectivity index (χ3n) is 6.84. The van der Waals surface area contributed by atoms with Gasteiger partial charge in [0.2, 0.25) is 0 Å². The molecule has 3 heterocycles. The summed E-state index contributed by atoms with van der Waals surface area (Å²) >= 11 is 0. The van der Waals surface area contributed by atoms with E-state index >= 15 is 0 Å². The number of halogens is 3. The van der Waals surface area contributed by atoms with Gasteiger partial charge in [0.15, 0.2) is 5.78 Å². The van der Waals surface area contributed by atoms with E-state index in [0.29, 0.717) is 48.5 Å². The van der Waals surface area contributed by atoms with Gasteiger partial charge in [0.05, 0.1) is 41.8 Å². The van der Waals surface area contributed by atoms with E-state index in [2.05, 4.69) is 10.3 Å². The first-order chi connectivity index (χ1) is 17.7. The third-order valence-corrected chi connectivity index (χ3v) is 6.84. The number of ether oxygens (including phenoxy) is 1. The molecule has 1 amide bonds. The molecule has 0 aliphatic carbocycles. The SMILES string of the molecule is CC[C@@H](CC(=O)c1cc(C(=O)N[C@H](CC)c2ccccc2)c2n1CCOC2)c1cncc(C(F)(F)F)c1. The van der Waals surface area contributed by atoms with Gasteiger partial charge < -0.3 is 14.6 Å². The molecule has 1 aliphatic rings. The summed E-state index contributed by atoms with van der Waals surface area (Å²) in [5.41, 5.74) is 1.89. The maximum atomic E-state index is 13.4. The van der Waals surface area contributed by atoms with Gasteiger partial charge in [-0.3, -0.25) is 14.6 Å². The molecule has 0 spiro atoms. The second-order valence-corrected chi connectivity index (χ2v) is 9.18. The number of carbonyl (C=O) groups is 2. The number of rotatable bonds is 9. The molecule has 0 saturated heterocycles. The average molecular weight is 514 g/mol. The largest absolute Gasteiger partial charge is 0.417 e. The summed E-state index contributed by atoms with van der Waals surface area (Å²) in [7, 11) is 0. The number of benzene rings is 1. The normalized spacial score (nSPS) is 15.1. The Labute approximate surface area is 213 Å². The number of hydrogen-bond acceptors (Lipinski definition) is 4. The molecule has 0 bridgehead atoms. The van der Waals surface area contributed by atoms with Gasteiger partial charge >= 0.3 is 6.18 Å². The van der Waals surface area contributed by atoms with Crippen molar-refractivity contribution in [3.05, 3.63) is 88.5 Å². The molecule has 2 atom stereocenters. The molecule has 0 radical (unpaired) electrons. The molecule has 1 aromatic carbocycles. The van der Waals surface area contributed by atoms with Crippen LogP contribution in [-0.4, -0.2) is 27.8 Å². The van der Waals surface area contributed by atoms with E-state index < -0.39 is 17.7 Å². The number of carbonyl (C=O) groups excluding carboxylic acids is 2. The van der Waals surface area contributed by atoms with Crippen LogP contribution in [0.4, 0.5) is 13.2 Å². The molecule has 9 heteroatoms. The minimum absolute atomic E-state index is 0.00641. The van der Waals surface area contributed by atoms with Crippen LogP contribution in [0.2, 0.25) is 0 Å². The zero-order chi connectivity index (χ0) is 26.6. The van der Waals surface area contributed by atoms with Crippen LogP contribution in [0.25, 0.3) is 0 Å². The van der Waals surface area contributed by atoms with E-state index in [0.717, 1.165) is 17.8 Å². The van der Waals surface area contributed by atoms with E-state index in [1.807, 2.05) is 44.2 Å². The van der Waals surface area contributed by atoms with E-state index in [9.17, 15) is 22.8 Å². The van der Waals surface area contributed by atoms with E-state index in [1.54, 1.807) is 10.6 Å². The van der Waals surface area contributed by atoms with Crippen molar-refractivity contribution in [1.82, 2.24) is 14.9 Å². The number of Topliss-reactive ketones (excluding diaryl/α,β-unsaturated/α-hetero) is 1. The quantitative estimate of drug-likeness (QED) is 0.352. The van der Waals surface area contributed by atoms with Gasteiger partial charge in [0.25, 0.3) is 5.91 Å². The van der Waals surface area contributed by atoms with Crippen molar-refractivity contribution in [3.63, 3.8) is 0 Å². The lowest BCUT2D eigenvalue weighted by molar-refractivity contribution is -0.137. The Balaban J connectivity index is 1.59. The maximum Gasteiger partial charge on any atom is 0.417 e. The van der Waals surface area contributed by atoms with Crippen LogP contribution < -0.4 is 5.32 Å². The Bertz CT molecular complexity index is 1250. The molecule has 0 unspecified atom stereocenters. The summed E-state index contributed by atoms with van der Waals surface area (Å²) in [5.74, 6) is -0.965. The molecule has 1 aliphatic heterocycles. The fourth-order valence-corrected chi connectivity index (χ4v) is 4.76. The van der Waals surface area contributed by atoms with Crippen LogP contribution in [0.5, 0.6) is 0 Å². The Morgan fingerprint density at radius 3 is 2.51 bits per heavy atom. The van der Waals surface area contributed by atoms with Crippen molar-refractivity contribution >= 4 is 11.7 Å². The lowest BCUT2D eigenvalue weighted by Gasteiger charge is -2.21. The fraction of sp³-hybridized carbons (Fsp3) is 0.393. The Morgan fingerprint density at radius 2 is 1.84 bits per heavy atom. The molecular weight excluding hydrogens is 483 g/mol. The van der Waals surface area contributed by atoms with Gasteiger partial charge in [0.1, 0.15) is 0 Å². The summed E-state index contributed by atoms with van der Waals surface area (Å²) < 4.78 is 47.0. The van der Waals surface area contributed by atoms with Crippen molar-refractivity contribution in [1.29, 1.82) is 0 Å². The van der Waals surface area contributed by atoms with Gasteiger partial charge in [-0.25, -0.2) is 0 Å². The van der Waals surface area contributed by atoms with Gasteiger partial charge in [-0.1, -0.05) is 44.2 Å². The molecule has 6 nitrogen and oxygen atoms in total. The number of nitrogens with one attached hydrogen (secondary N) is 1.